The molecule has 0 amide bonds. The summed E-state index contributed by atoms with van der Waals surface area (Å²) in [7, 11) is -4.05. The Hall–Kier alpha value is -2.72. The quantitative estimate of drug-likeness (QED) is 0.651. The van der Waals surface area contributed by atoms with Crippen molar-refractivity contribution < 1.29 is 17.2 Å². The van der Waals surface area contributed by atoms with Crippen molar-refractivity contribution in [3.63, 3.8) is 0 Å². The van der Waals surface area contributed by atoms with E-state index in [4.69, 9.17) is 0 Å². The molecule has 0 bridgehead atoms. The van der Waals surface area contributed by atoms with Crippen LogP contribution in [-0.4, -0.2) is 52.2 Å². The molecule has 1 fully saturated rings. The fourth-order valence-corrected chi connectivity index (χ4v) is 4.63. The Morgan fingerprint density at radius 1 is 1.33 bits per heavy atom. The molecule has 1 aliphatic rings. The lowest BCUT2D eigenvalue weighted by Crippen LogP contribution is -2.31. The van der Waals surface area contributed by atoms with Crippen LogP contribution in [0.1, 0.15) is 31.4 Å². The van der Waals surface area contributed by atoms with Gasteiger partial charge in [-0.15, -0.1) is 0 Å². The van der Waals surface area contributed by atoms with Crippen molar-refractivity contribution in [1.82, 2.24) is 19.1 Å². The summed E-state index contributed by atoms with van der Waals surface area (Å²) in [5, 5.41) is 4.10. The number of halogens is 2. The van der Waals surface area contributed by atoms with Gasteiger partial charge in [0.2, 0.25) is 10.0 Å². The number of alkyl halides is 2. The highest BCUT2D eigenvalue weighted by Gasteiger charge is 2.43. The minimum atomic E-state index is -4.05. The van der Waals surface area contributed by atoms with Gasteiger partial charge in [0.25, 0.3) is 5.92 Å². The van der Waals surface area contributed by atoms with Crippen molar-refractivity contribution in [2.75, 3.05) is 13.1 Å². The van der Waals surface area contributed by atoms with Gasteiger partial charge in [-0.1, -0.05) is 12.6 Å². The second-order valence-electron chi connectivity index (χ2n) is 7.29. The van der Waals surface area contributed by atoms with Crippen molar-refractivity contribution in [3.05, 3.63) is 60.2 Å². The molecule has 10 heteroatoms. The lowest BCUT2D eigenvalue weighted by molar-refractivity contribution is 0.0183. The van der Waals surface area contributed by atoms with E-state index in [2.05, 4.69) is 21.7 Å². The third-order valence-electron chi connectivity index (χ3n) is 4.76. The number of hydrogen-bond acceptors (Lipinski definition) is 5. The van der Waals surface area contributed by atoms with Gasteiger partial charge in [-0.3, -0.25) is 0 Å². The molecule has 1 aromatic heterocycles. The van der Waals surface area contributed by atoms with Gasteiger partial charge in [0.1, 0.15) is 12.7 Å². The fourth-order valence-electron chi connectivity index (χ4n) is 3.14. The molecule has 1 saturated heterocycles. The zero-order chi connectivity index (χ0) is 22.1. The van der Waals surface area contributed by atoms with Crippen LogP contribution in [0.2, 0.25) is 0 Å². The summed E-state index contributed by atoms with van der Waals surface area (Å²) < 4.78 is 55.3. The number of hydrogen-bond donors (Lipinski definition) is 0. The molecule has 0 radical (unpaired) electrons. The third-order valence-corrected chi connectivity index (χ3v) is 6.60. The first kappa shape index (κ1) is 22.0. The molecule has 1 aliphatic heterocycles. The van der Waals surface area contributed by atoms with Gasteiger partial charge in [-0.2, -0.15) is 9.40 Å². The van der Waals surface area contributed by atoms with E-state index in [0.29, 0.717) is 17.1 Å². The maximum Gasteiger partial charge on any atom is 0.262 e. The Morgan fingerprint density at radius 2 is 2.07 bits per heavy atom. The minimum Gasteiger partial charge on any atom is -0.229 e. The van der Waals surface area contributed by atoms with E-state index in [9.17, 15) is 17.2 Å². The molecule has 7 nitrogen and oxygen atoms in total. The first-order valence-electron chi connectivity index (χ1n) is 9.28. The molecule has 3 rings (SSSR count). The van der Waals surface area contributed by atoms with Crippen LogP contribution in [0.5, 0.6) is 0 Å². The van der Waals surface area contributed by atoms with Crippen LogP contribution in [0.15, 0.2) is 59.0 Å². The topological polar surface area (TPSA) is 80.5 Å². The molecule has 2 aromatic rings. The number of rotatable bonds is 6. The smallest absolute Gasteiger partial charge is 0.229 e. The highest BCUT2D eigenvalue weighted by Crippen LogP contribution is 2.31. The summed E-state index contributed by atoms with van der Waals surface area (Å²) in [6, 6.07) is 4.50. The molecule has 0 N–H and O–H groups in total. The Balaban J connectivity index is 2.06. The molecule has 0 spiro atoms. The van der Waals surface area contributed by atoms with Crippen LogP contribution in [-0.2, 0) is 10.0 Å². The van der Waals surface area contributed by atoms with Crippen LogP contribution in [0.3, 0.4) is 0 Å². The van der Waals surface area contributed by atoms with Crippen LogP contribution in [0.4, 0.5) is 8.78 Å². The number of benzene rings is 1. The van der Waals surface area contributed by atoms with Crippen LogP contribution >= 0.6 is 0 Å². The zero-order valence-corrected chi connectivity index (χ0v) is 17.8. The Kier molecular flexibility index (Phi) is 6.00. The van der Waals surface area contributed by atoms with Crippen molar-refractivity contribution in [1.29, 1.82) is 0 Å². The van der Waals surface area contributed by atoms with Gasteiger partial charge in [-0.25, -0.2) is 31.9 Å². The standard InChI is InChI=1S/C20H23F2N5O2S/c1-5-18(25-19(14(2)3)27-13-23-12-24-27)17-10-16(7-6-15(17)4)30(28,29)26-9-8-20(21,22)11-26/h5-7,10,12-13H,1,8-9,11H2,2-4H3. The highest BCUT2D eigenvalue weighted by molar-refractivity contribution is 7.89. The Labute approximate surface area is 174 Å². The number of allylic oxidation sites excluding steroid dienone is 2. The van der Waals surface area contributed by atoms with Crippen molar-refractivity contribution in [2.45, 2.75) is 38.0 Å². The summed E-state index contributed by atoms with van der Waals surface area (Å²) in [5.74, 6) is -2.49. The Bertz CT molecular complexity index is 1120. The number of sulfonamides is 1. The van der Waals surface area contributed by atoms with Gasteiger partial charge < -0.3 is 0 Å². The summed E-state index contributed by atoms with van der Waals surface area (Å²) in [4.78, 5) is 8.49. The van der Waals surface area contributed by atoms with E-state index < -0.39 is 28.9 Å². The molecule has 2 heterocycles. The number of nitrogens with zero attached hydrogens (tertiary/aromatic N) is 5. The SMILES string of the molecule is C=CC(=NC(=C(C)C)n1cncn1)c1cc(S(=O)(=O)N2CCC(F)(F)C2)ccc1C. The van der Waals surface area contributed by atoms with Crippen molar-refractivity contribution >= 4 is 21.6 Å². The average molecular weight is 436 g/mol. The van der Waals surface area contributed by atoms with Gasteiger partial charge in [0, 0.05) is 18.5 Å². The number of aromatic nitrogens is 3. The monoisotopic (exact) mass is 435 g/mol. The highest BCUT2D eigenvalue weighted by atomic mass is 32.2. The molecule has 30 heavy (non-hydrogen) atoms. The maximum absolute atomic E-state index is 13.6. The molecule has 160 valence electrons. The Morgan fingerprint density at radius 3 is 2.60 bits per heavy atom. The number of aliphatic imine (C=N–C) groups is 1. The first-order chi connectivity index (χ1) is 14.0. The zero-order valence-electron chi connectivity index (χ0n) is 17.0. The van der Waals surface area contributed by atoms with Gasteiger partial charge >= 0.3 is 0 Å². The van der Waals surface area contributed by atoms with Crippen LogP contribution < -0.4 is 0 Å². The molecule has 0 unspecified atom stereocenters. The molecule has 1 aromatic carbocycles. The van der Waals surface area contributed by atoms with E-state index in [0.717, 1.165) is 15.4 Å². The second kappa shape index (κ2) is 8.19. The summed E-state index contributed by atoms with van der Waals surface area (Å²) >= 11 is 0. The maximum atomic E-state index is 13.6. The minimum absolute atomic E-state index is 0.0603. The normalized spacial score (nSPS) is 17.2. The predicted molar refractivity (Wildman–Crippen MR) is 111 cm³/mol. The largest absolute Gasteiger partial charge is 0.262 e. The van der Waals surface area contributed by atoms with E-state index >= 15 is 0 Å². The van der Waals surface area contributed by atoms with E-state index in [1.807, 2.05) is 20.8 Å². The van der Waals surface area contributed by atoms with E-state index in [1.165, 1.54) is 35.5 Å². The lowest BCUT2D eigenvalue weighted by Gasteiger charge is -2.17. The molecule has 0 aliphatic carbocycles. The van der Waals surface area contributed by atoms with Crippen molar-refractivity contribution in [3.8, 4) is 0 Å². The lowest BCUT2D eigenvalue weighted by atomic mass is 10.0. The summed E-state index contributed by atoms with van der Waals surface area (Å²) in [6.07, 6.45) is 3.93. The molecular weight excluding hydrogens is 412 g/mol. The molecule has 0 atom stereocenters. The summed E-state index contributed by atoms with van der Waals surface area (Å²) in [5.41, 5.74) is 2.60. The van der Waals surface area contributed by atoms with Gasteiger partial charge in [0.05, 0.1) is 17.2 Å². The summed E-state index contributed by atoms with van der Waals surface area (Å²) in [6.45, 7) is 8.32. The molecular formula is C20H23F2N5O2S. The van der Waals surface area contributed by atoms with Crippen molar-refractivity contribution in [2.24, 2.45) is 4.99 Å². The van der Waals surface area contributed by atoms with Crippen LogP contribution in [0, 0.1) is 6.92 Å². The van der Waals surface area contributed by atoms with E-state index in [-0.39, 0.29) is 11.4 Å². The van der Waals surface area contributed by atoms with E-state index in [1.54, 1.807) is 6.07 Å². The third kappa shape index (κ3) is 4.39. The van der Waals surface area contributed by atoms with Gasteiger partial charge in [-0.05, 0) is 50.1 Å². The second-order valence-corrected chi connectivity index (χ2v) is 9.22. The first-order valence-corrected chi connectivity index (χ1v) is 10.7. The number of aryl methyl sites for hydroxylation is 1. The molecule has 0 saturated carbocycles. The van der Waals surface area contributed by atoms with Crippen LogP contribution in [0.25, 0.3) is 5.82 Å². The fraction of sp³-hybridized carbons (Fsp3) is 0.350. The predicted octanol–water partition coefficient (Wildman–Crippen LogP) is 3.50. The average Bonchev–Trinajstić information content (AvgIpc) is 3.32. The van der Waals surface area contributed by atoms with Gasteiger partial charge in [0.15, 0.2) is 5.82 Å².